The quantitative estimate of drug-likeness (QED) is 0.564. The minimum Gasteiger partial charge on any atom is -0.359 e. The Hall–Kier alpha value is -2.67. The highest BCUT2D eigenvalue weighted by Crippen LogP contribution is 2.56. The fourth-order valence-corrected chi connectivity index (χ4v) is 7.92. The summed E-state index contributed by atoms with van der Waals surface area (Å²) >= 11 is 0. The highest BCUT2D eigenvalue weighted by molar-refractivity contribution is 6.03. The van der Waals surface area contributed by atoms with Gasteiger partial charge in [-0.15, -0.1) is 0 Å². The van der Waals surface area contributed by atoms with Gasteiger partial charge >= 0.3 is 0 Å². The number of ether oxygens (including phenoxy) is 1. The molecule has 0 radical (unpaired) electrons. The lowest BCUT2D eigenvalue weighted by Gasteiger charge is -2.40. The van der Waals surface area contributed by atoms with Crippen LogP contribution in [0.15, 0.2) is 30.4 Å². The Morgan fingerprint density at radius 1 is 0.947 bits per heavy atom. The maximum atomic E-state index is 14.3. The summed E-state index contributed by atoms with van der Waals surface area (Å²) in [4.78, 5) is 43.9. The predicted molar refractivity (Wildman–Crippen MR) is 145 cm³/mol. The molecule has 3 aliphatic heterocycles. The molecule has 1 aromatic carbocycles. The summed E-state index contributed by atoms with van der Waals surface area (Å²) < 4.78 is 6.54. The number of carbonyl (C=O) groups excluding carboxylic acids is 3. The molecule has 3 heterocycles. The zero-order valence-electron chi connectivity index (χ0n) is 22.9. The molecule has 5 atom stereocenters. The summed E-state index contributed by atoms with van der Waals surface area (Å²) in [6.45, 7) is 6.25. The maximum absolute atomic E-state index is 14.3. The molecule has 2 unspecified atom stereocenters. The van der Waals surface area contributed by atoms with Gasteiger partial charge in [-0.3, -0.25) is 14.4 Å². The lowest BCUT2D eigenvalue weighted by Crippen LogP contribution is -2.58. The first kappa shape index (κ1) is 25.6. The van der Waals surface area contributed by atoms with Crippen LogP contribution in [0.4, 0.5) is 5.69 Å². The molecule has 204 valence electrons. The first-order chi connectivity index (χ1) is 18.3. The summed E-state index contributed by atoms with van der Waals surface area (Å²) in [6.07, 6.45) is 12.6. The van der Waals surface area contributed by atoms with E-state index < -0.39 is 29.6 Å². The van der Waals surface area contributed by atoms with E-state index in [1.54, 1.807) is 0 Å². The number of nitrogens with zero attached hydrogens (tertiary/aromatic N) is 1. The summed E-state index contributed by atoms with van der Waals surface area (Å²) in [7, 11) is 0. The number of hydrogen-bond donors (Lipinski definition) is 2. The van der Waals surface area contributed by atoms with Gasteiger partial charge in [0.25, 0.3) is 0 Å². The molecule has 38 heavy (non-hydrogen) atoms. The normalized spacial score (nSPS) is 36.4. The van der Waals surface area contributed by atoms with Crippen molar-refractivity contribution < 1.29 is 19.1 Å². The third-order valence-electron chi connectivity index (χ3n) is 9.68. The molecule has 5 aliphatic rings. The summed E-state index contributed by atoms with van der Waals surface area (Å²) in [5.41, 5.74) is 1.77. The summed E-state index contributed by atoms with van der Waals surface area (Å²) in [5, 5.41) is 6.36. The van der Waals surface area contributed by atoms with Crippen molar-refractivity contribution in [2.45, 2.75) is 108 Å². The second-order valence-electron chi connectivity index (χ2n) is 12.6. The molecule has 7 nitrogen and oxygen atoms in total. The standard InChI is InChI=1S/C31H41N3O4/c1-18-9-11-23(12-10-18)34-27(29(36)32-21-7-5-4-6-8-21)31-14-13-24(38-31)25(26(31)30(34)37)28(35)33-22-16-19(2)15-20(3)17-22/h13-18,21,23-27H,4-12H2,1-3H3,(H,32,36)(H,33,35)/t18?,23?,24-,25?,26-,27?,31+/m0/s1. The molecule has 2 saturated heterocycles. The lowest BCUT2D eigenvalue weighted by molar-refractivity contribution is -0.145. The fraction of sp³-hybridized carbons (Fsp3) is 0.645. The van der Waals surface area contributed by atoms with Gasteiger partial charge in [-0.05, 0) is 81.5 Å². The van der Waals surface area contributed by atoms with Crippen LogP contribution in [0.5, 0.6) is 0 Å². The summed E-state index contributed by atoms with van der Waals surface area (Å²) in [6, 6.07) is 5.35. The molecule has 2 saturated carbocycles. The van der Waals surface area contributed by atoms with Crippen molar-refractivity contribution in [3.8, 4) is 0 Å². The van der Waals surface area contributed by atoms with Gasteiger partial charge in [0.1, 0.15) is 11.6 Å². The van der Waals surface area contributed by atoms with E-state index in [4.69, 9.17) is 4.74 Å². The first-order valence-corrected chi connectivity index (χ1v) is 14.7. The monoisotopic (exact) mass is 519 g/mol. The second kappa shape index (κ2) is 9.82. The Bertz CT molecular complexity index is 1130. The zero-order valence-corrected chi connectivity index (χ0v) is 22.9. The van der Waals surface area contributed by atoms with Gasteiger partial charge in [0.15, 0.2) is 0 Å². The van der Waals surface area contributed by atoms with E-state index in [9.17, 15) is 14.4 Å². The minimum absolute atomic E-state index is 0.0000328. The van der Waals surface area contributed by atoms with E-state index in [1.807, 2.05) is 43.0 Å². The lowest BCUT2D eigenvalue weighted by atomic mass is 9.74. The average molecular weight is 520 g/mol. The Labute approximate surface area is 225 Å². The largest absolute Gasteiger partial charge is 0.359 e. The maximum Gasteiger partial charge on any atom is 0.246 e. The highest BCUT2D eigenvalue weighted by Gasteiger charge is 2.73. The van der Waals surface area contributed by atoms with Crippen LogP contribution < -0.4 is 10.6 Å². The zero-order chi connectivity index (χ0) is 26.6. The number of fused-ring (bicyclic) bond motifs is 1. The second-order valence-corrected chi connectivity index (χ2v) is 12.6. The van der Waals surface area contributed by atoms with Crippen LogP contribution in [-0.2, 0) is 19.1 Å². The number of carbonyl (C=O) groups is 3. The van der Waals surface area contributed by atoms with Gasteiger partial charge in [0.2, 0.25) is 17.7 Å². The van der Waals surface area contributed by atoms with Crippen molar-refractivity contribution >= 4 is 23.4 Å². The number of nitrogens with one attached hydrogen (secondary N) is 2. The number of benzene rings is 1. The van der Waals surface area contributed by atoms with Crippen molar-refractivity contribution in [3.63, 3.8) is 0 Å². The van der Waals surface area contributed by atoms with Crippen LogP contribution in [0.1, 0.15) is 75.8 Å². The van der Waals surface area contributed by atoms with Crippen LogP contribution in [0.3, 0.4) is 0 Å². The topological polar surface area (TPSA) is 87.7 Å². The van der Waals surface area contributed by atoms with Crippen molar-refractivity contribution in [2.75, 3.05) is 5.32 Å². The van der Waals surface area contributed by atoms with Gasteiger partial charge in [0, 0.05) is 17.8 Å². The Kier molecular flexibility index (Phi) is 6.61. The van der Waals surface area contributed by atoms with E-state index in [-0.39, 0.29) is 29.8 Å². The molecular formula is C31H41N3O4. The first-order valence-electron chi connectivity index (χ1n) is 14.7. The van der Waals surface area contributed by atoms with Crippen LogP contribution in [0.2, 0.25) is 0 Å². The van der Waals surface area contributed by atoms with E-state index in [2.05, 4.69) is 23.6 Å². The number of hydrogen-bond acceptors (Lipinski definition) is 4. The molecule has 7 heteroatoms. The molecule has 1 spiro atoms. The number of likely N-dealkylation sites (tertiary alicyclic amines) is 1. The van der Waals surface area contributed by atoms with Crippen LogP contribution in [-0.4, -0.2) is 52.5 Å². The third-order valence-corrected chi connectivity index (χ3v) is 9.68. The summed E-state index contributed by atoms with van der Waals surface area (Å²) in [5.74, 6) is -1.15. The van der Waals surface area contributed by atoms with Gasteiger partial charge < -0.3 is 20.3 Å². The highest BCUT2D eigenvalue weighted by atomic mass is 16.5. The molecule has 6 rings (SSSR count). The molecule has 3 amide bonds. The Morgan fingerprint density at radius 3 is 2.32 bits per heavy atom. The van der Waals surface area contributed by atoms with E-state index in [0.717, 1.165) is 68.2 Å². The molecule has 0 aromatic heterocycles. The third kappa shape index (κ3) is 4.27. The van der Waals surface area contributed by atoms with Crippen molar-refractivity contribution in [1.29, 1.82) is 0 Å². The SMILES string of the molecule is Cc1cc(C)cc(NC(=O)C2[C@@H]3C=C[C@]4(O3)C(C(=O)NC3CCCCC3)N(C3CCC(C)CC3)C(=O)[C@H]24)c1. The van der Waals surface area contributed by atoms with E-state index >= 15 is 0 Å². The number of rotatable bonds is 5. The molecular weight excluding hydrogens is 478 g/mol. The van der Waals surface area contributed by atoms with Gasteiger partial charge in [-0.1, -0.05) is 44.4 Å². The molecule has 2 N–H and O–H groups in total. The Morgan fingerprint density at radius 2 is 1.63 bits per heavy atom. The van der Waals surface area contributed by atoms with E-state index in [1.165, 1.54) is 6.42 Å². The Balaban J connectivity index is 1.32. The minimum atomic E-state index is -1.09. The molecule has 1 aromatic rings. The van der Waals surface area contributed by atoms with Gasteiger partial charge in [-0.25, -0.2) is 0 Å². The van der Waals surface area contributed by atoms with Crippen LogP contribution >= 0.6 is 0 Å². The molecule has 2 bridgehead atoms. The van der Waals surface area contributed by atoms with Gasteiger partial charge in [-0.2, -0.15) is 0 Å². The van der Waals surface area contributed by atoms with Crippen LogP contribution in [0, 0.1) is 31.6 Å². The van der Waals surface area contributed by atoms with Crippen molar-refractivity contribution in [1.82, 2.24) is 10.2 Å². The molecule has 2 aliphatic carbocycles. The van der Waals surface area contributed by atoms with Crippen molar-refractivity contribution in [3.05, 3.63) is 41.5 Å². The fourth-order valence-electron chi connectivity index (χ4n) is 7.92. The smallest absolute Gasteiger partial charge is 0.246 e. The predicted octanol–water partition coefficient (Wildman–Crippen LogP) is 4.42. The number of amides is 3. The molecule has 4 fully saturated rings. The average Bonchev–Trinajstić information content (AvgIpc) is 3.52. The number of anilines is 1. The van der Waals surface area contributed by atoms with Gasteiger partial charge in [0.05, 0.1) is 17.9 Å². The van der Waals surface area contributed by atoms with Crippen molar-refractivity contribution in [2.24, 2.45) is 17.8 Å². The van der Waals surface area contributed by atoms with E-state index in [0.29, 0.717) is 5.92 Å². The van der Waals surface area contributed by atoms with Crippen LogP contribution in [0.25, 0.3) is 0 Å². The number of aryl methyl sites for hydroxylation is 2.